The van der Waals surface area contributed by atoms with Gasteiger partial charge in [0, 0.05) is 92.9 Å². The molecule has 9 aromatic rings. The van der Waals surface area contributed by atoms with Gasteiger partial charge in [-0.1, -0.05) is 12.1 Å². The van der Waals surface area contributed by atoms with Gasteiger partial charge in [0.25, 0.3) is 23.6 Å². The summed E-state index contributed by atoms with van der Waals surface area (Å²) in [5.74, 6) is -5.32. The zero-order valence-electron chi connectivity index (χ0n) is 58.6. The van der Waals surface area contributed by atoms with Crippen LogP contribution in [0, 0.1) is 0 Å². The Kier molecular flexibility index (Phi) is 22.1. The van der Waals surface area contributed by atoms with Crippen molar-refractivity contribution < 1.29 is 81.7 Å². The molecule has 0 saturated carbocycles. The number of nitrogens with zero attached hydrogens (tertiary/aromatic N) is 9. The first kappa shape index (κ1) is 74.4. The zero-order chi connectivity index (χ0) is 74.9. The van der Waals surface area contributed by atoms with Crippen molar-refractivity contribution in [1.82, 2.24) is 76.3 Å². The predicted molar refractivity (Wildman–Crippen MR) is 390 cm³/mol. The number of allylic oxidation sites excluding steroid dienone is 1. The predicted octanol–water partition coefficient (Wildman–Crippen LogP) is 5.78. The highest BCUT2D eigenvalue weighted by Crippen LogP contribution is 2.43. The first-order valence-electron chi connectivity index (χ1n) is 33.9. The van der Waals surface area contributed by atoms with Crippen LogP contribution in [0.5, 0.6) is 5.75 Å². The molecule has 5 aliphatic rings. The number of aliphatic hydroxyl groups excluding tert-OH is 1. The van der Waals surface area contributed by atoms with Crippen LogP contribution < -0.4 is 31.3 Å². The van der Waals surface area contributed by atoms with Crippen molar-refractivity contribution in [1.29, 1.82) is 0 Å². The van der Waals surface area contributed by atoms with Gasteiger partial charge in [-0.25, -0.2) is 39.5 Å². The minimum atomic E-state index is -1.84. The normalized spacial score (nSPS) is 24.1. The fourth-order valence-electron chi connectivity index (χ4n) is 13.4. The molecule has 1 aromatic carbocycles. The number of cyclic esters (lactones) is 2. The topological polar surface area (TPSA) is 406 Å². The van der Waals surface area contributed by atoms with Crippen molar-refractivity contribution in [3.05, 3.63) is 142 Å². The highest BCUT2D eigenvalue weighted by atomic mass is 32.1. The van der Waals surface area contributed by atoms with Crippen molar-refractivity contribution in [3.8, 4) is 38.4 Å². The van der Waals surface area contributed by atoms with Crippen LogP contribution in [0.4, 0.5) is 0 Å². The molecule has 14 rings (SSSR count). The summed E-state index contributed by atoms with van der Waals surface area (Å²) < 4.78 is 50.5. The Hall–Kier alpha value is -9.48. The van der Waals surface area contributed by atoms with E-state index < -0.39 is 109 Å². The maximum atomic E-state index is 15.3. The van der Waals surface area contributed by atoms with Gasteiger partial charge in [-0.15, -0.1) is 56.7 Å². The largest absolute Gasteiger partial charge is 0.499 e. The first-order valence-corrected chi connectivity index (χ1v) is 38.3. The molecule has 0 radical (unpaired) electrons. The van der Waals surface area contributed by atoms with E-state index in [0.717, 1.165) is 45.3 Å². The van der Waals surface area contributed by atoms with Crippen LogP contribution in [0.25, 0.3) is 49.3 Å². The summed E-state index contributed by atoms with van der Waals surface area (Å²) in [5.41, 5.74) is 0.858. The van der Waals surface area contributed by atoms with Gasteiger partial charge in [0.2, 0.25) is 5.91 Å². The van der Waals surface area contributed by atoms with Gasteiger partial charge >= 0.3 is 11.9 Å². The van der Waals surface area contributed by atoms with E-state index in [9.17, 15) is 24.6 Å². The van der Waals surface area contributed by atoms with E-state index in [0.29, 0.717) is 71.1 Å². The number of pyridine rings is 2. The SMILES string of the molecule is CO/C(C)=C1/NC(=O)C(C(C)O)NC(=O)c2csc(n2)-c2cc(OCCN3CCOCC3)c(-c3nc(CNC(=O)c4ccncc4)cs3)nc2-c2csc(n2)C2COC(=O)c3[nH]c4cccc5c4c3COC(C(OC3CC(C)(O)C(N(C)C)C(C)O3)C(=O)OC5)C(NC(=O)c3csc1n3)c1nc(cs1)C(=O)N2. The average Bonchev–Trinajstić information content (AvgIpc) is 1.70. The third-order valence-corrected chi connectivity index (χ3v) is 23.1. The molecule has 5 aliphatic heterocycles. The van der Waals surface area contributed by atoms with E-state index in [4.69, 9.17) is 62.8 Å². The number of fused-ring (bicyclic) bond motifs is 15. The lowest BCUT2D eigenvalue weighted by Crippen LogP contribution is -2.62. The molecule has 5 amide bonds. The summed E-state index contributed by atoms with van der Waals surface area (Å²) in [7, 11) is 4.94. The van der Waals surface area contributed by atoms with E-state index in [-0.39, 0.29) is 115 Å². The number of likely N-dealkylation sites (N-methyl/N-ethyl adjacent to an activating group) is 1. The van der Waals surface area contributed by atoms with Gasteiger partial charge in [0.15, 0.2) is 12.4 Å². The fourth-order valence-corrected chi connectivity index (χ4v) is 17.6. The molecular weight excluding hydrogens is 1480 g/mol. The Labute approximate surface area is 630 Å². The second-order valence-electron chi connectivity index (χ2n) is 26.2. The molecule has 10 atom stereocenters. The fraction of sp³-hybridized carbons (Fsp3) is 0.400. The molecule has 10 unspecified atom stereocenters. The molecule has 0 spiro atoms. The van der Waals surface area contributed by atoms with Crippen molar-refractivity contribution in [2.75, 3.05) is 67.3 Å². The number of nitrogens with one attached hydrogen (secondary N) is 6. The minimum Gasteiger partial charge on any atom is -0.499 e. The third kappa shape index (κ3) is 15.9. The quantitative estimate of drug-likeness (QED) is 0.0500. The number of rotatable bonds is 13. The summed E-state index contributed by atoms with van der Waals surface area (Å²) in [6.45, 7) is 8.03. The van der Waals surface area contributed by atoms with Crippen LogP contribution >= 0.6 is 56.7 Å². The Morgan fingerprint density at radius 1 is 0.822 bits per heavy atom. The van der Waals surface area contributed by atoms with Crippen LogP contribution in [-0.4, -0.2) is 217 Å². The summed E-state index contributed by atoms with van der Waals surface area (Å²) in [6, 6.07) is 5.07. The maximum absolute atomic E-state index is 15.3. The van der Waals surface area contributed by atoms with E-state index in [1.165, 1.54) is 60.8 Å². The number of methoxy groups -OCH3 is 1. The molecule has 37 heteroatoms. The number of benzene rings is 1. The number of hydrogen-bond donors (Lipinski definition) is 8. The highest BCUT2D eigenvalue weighted by Gasteiger charge is 2.50. The number of amides is 5. The maximum Gasteiger partial charge on any atom is 0.355 e. The number of thiazole rings is 5. The van der Waals surface area contributed by atoms with Crippen LogP contribution in [-0.2, 0) is 62.5 Å². The monoisotopic (exact) mass is 1560 g/mol. The molecule has 12 bridgehead atoms. The number of esters is 2. The van der Waals surface area contributed by atoms with Crippen molar-refractivity contribution in [3.63, 3.8) is 0 Å². The van der Waals surface area contributed by atoms with Gasteiger partial charge in [0.05, 0.1) is 63.0 Å². The molecule has 8 aromatic heterocycles. The number of H-pyrrole nitrogens is 1. The van der Waals surface area contributed by atoms with E-state index in [1.54, 1.807) is 75.1 Å². The van der Waals surface area contributed by atoms with Crippen LogP contribution in [0.15, 0.2) is 81.5 Å². The molecule has 0 aliphatic carbocycles. The number of aromatic amines is 1. The van der Waals surface area contributed by atoms with Gasteiger partial charge in [-0.3, -0.25) is 33.9 Å². The molecule has 32 nitrogen and oxygen atoms in total. The molecule has 8 N–H and O–H groups in total. The lowest BCUT2D eigenvalue weighted by molar-refractivity contribution is -0.280. The van der Waals surface area contributed by atoms with Gasteiger partial charge in [-0.2, -0.15) is 0 Å². The van der Waals surface area contributed by atoms with Gasteiger partial charge in [0.1, 0.15) is 126 Å². The van der Waals surface area contributed by atoms with E-state index >= 15 is 19.2 Å². The minimum absolute atomic E-state index is 0.00110. The molecule has 560 valence electrons. The molecular formula is C70H73N15O17S5. The highest BCUT2D eigenvalue weighted by molar-refractivity contribution is 7.14. The van der Waals surface area contributed by atoms with Crippen LogP contribution in [0.2, 0.25) is 0 Å². The zero-order valence-corrected chi connectivity index (χ0v) is 62.6. The number of carbonyl (C=O) groups is 7. The lowest BCUT2D eigenvalue weighted by atomic mass is 9.85. The number of aromatic nitrogens is 8. The lowest BCUT2D eigenvalue weighted by Gasteiger charge is -2.48. The second-order valence-corrected chi connectivity index (χ2v) is 30.6. The number of aliphatic hydroxyl groups is 2. The number of ether oxygens (including phenoxy) is 8. The Morgan fingerprint density at radius 3 is 2.28 bits per heavy atom. The Bertz CT molecular complexity index is 4890. The van der Waals surface area contributed by atoms with Crippen LogP contribution in [0.1, 0.15) is 130 Å². The van der Waals surface area contributed by atoms with Crippen LogP contribution in [0.3, 0.4) is 0 Å². The van der Waals surface area contributed by atoms with Crippen molar-refractivity contribution >= 4 is 115 Å². The molecule has 2 saturated heterocycles. The number of carbonyl (C=O) groups excluding carboxylic acids is 7. The summed E-state index contributed by atoms with van der Waals surface area (Å²) >= 11 is 5.23. The molecule has 2 fully saturated rings. The molecule has 13 heterocycles. The van der Waals surface area contributed by atoms with E-state index in [2.05, 4.69) is 46.4 Å². The second kappa shape index (κ2) is 31.8. The molecule has 107 heavy (non-hydrogen) atoms. The van der Waals surface area contributed by atoms with Crippen molar-refractivity contribution in [2.45, 2.75) is 114 Å². The summed E-state index contributed by atoms with van der Waals surface area (Å²) in [5, 5.41) is 46.7. The standard InChI is InChI=1S/C70H73N15O17S5/c1-32(86)49-62(91)82-50(33(2)95-7)65-78-45(31-106-65)61(90)83-54-55-56(102-47-22-70(4,94)57(84(5)6)34(3)101-47)69(93)99-24-36-9-8-10-40-48(36)39(25-98-55)52(74-40)68(92)100-26-41(75-59(88)43-30-107-67(54)79-43)64-76-42(28-105-64)51-38(63-77-44(29-104-63)60(89)81-49)21-46(97-20-17-85-15-18-96-19-16-85)53(80-51)66-73-37(27-103-66)23-72-58(87)35-11-13-71-14-12-35/h8-14,21,27-32,34,41,47,49,54-57,74,86,94H,15-20,22-26H2,1-7H3,(H,72,87)(H,75,88)(H,81,89)(H,82,91)(H,83,90)/b50-33+. The summed E-state index contributed by atoms with van der Waals surface area (Å²) in [6.07, 6.45) is -4.17. The van der Waals surface area contributed by atoms with E-state index in [1.807, 2.05) is 4.90 Å². The smallest absolute Gasteiger partial charge is 0.355 e. The van der Waals surface area contributed by atoms with Gasteiger partial charge < -0.3 is 84.6 Å². The number of morpholine rings is 1. The van der Waals surface area contributed by atoms with Gasteiger partial charge in [-0.05, 0) is 71.6 Å². The Morgan fingerprint density at radius 2 is 1.52 bits per heavy atom. The third-order valence-electron chi connectivity index (χ3n) is 18.6. The average molecular weight is 1560 g/mol. The Balaban J connectivity index is 0.925. The summed E-state index contributed by atoms with van der Waals surface area (Å²) in [4.78, 5) is 144. The number of hydrogen-bond acceptors (Lipinski definition) is 31. The van der Waals surface area contributed by atoms with Crippen molar-refractivity contribution in [2.24, 2.45) is 0 Å². The first-order chi connectivity index (χ1) is 51.6.